The summed E-state index contributed by atoms with van der Waals surface area (Å²) >= 11 is 0. The van der Waals surface area contributed by atoms with E-state index in [-0.39, 0.29) is 11.5 Å². The second kappa shape index (κ2) is 4.71. The van der Waals surface area contributed by atoms with Crippen molar-refractivity contribution in [3.63, 3.8) is 0 Å². The molecular formula is C20H19N. The molecule has 0 spiro atoms. The first kappa shape index (κ1) is 12.6. The molecule has 1 aliphatic rings. The van der Waals surface area contributed by atoms with Crippen molar-refractivity contribution < 1.29 is 0 Å². The van der Waals surface area contributed by atoms with Crippen LogP contribution in [0.15, 0.2) is 72.8 Å². The van der Waals surface area contributed by atoms with Crippen molar-refractivity contribution >= 4 is 10.8 Å². The maximum Gasteiger partial charge on any atom is 0.0393 e. The van der Waals surface area contributed by atoms with Crippen molar-refractivity contribution in [2.24, 2.45) is 5.73 Å². The molecule has 0 bridgehead atoms. The van der Waals surface area contributed by atoms with E-state index in [1.165, 1.54) is 34.7 Å². The van der Waals surface area contributed by atoms with Gasteiger partial charge in [0.25, 0.3) is 0 Å². The number of nitrogens with two attached hydrogens (primary N) is 1. The molecule has 21 heavy (non-hydrogen) atoms. The van der Waals surface area contributed by atoms with Gasteiger partial charge in [0.15, 0.2) is 0 Å². The van der Waals surface area contributed by atoms with Crippen LogP contribution in [0.3, 0.4) is 0 Å². The molecule has 0 heterocycles. The summed E-state index contributed by atoms with van der Waals surface area (Å²) in [6.07, 6.45) is 2.37. The van der Waals surface area contributed by atoms with E-state index in [2.05, 4.69) is 72.8 Å². The van der Waals surface area contributed by atoms with Gasteiger partial charge in [-0.1, -0.05) is 66.7 Å². The highest BCUT2D eigenvalue weighted by Crippen LogP contribution is 2.55. The number of benzene rings is 3. The Morgan fingerprint density at radius 2 is 1.43 bits per heavy atom. The molecule has 1 fully saturated rings. The average molecular weight is 273 g/mol. The summed E-state index contributed by atoms with van der Waals surface area (Å²) < 4.78 is 0. The Morgan fingerprint density at radius 1 is 0.762 bits per heavy atom. The van der Waals surface area contributed by atoms with Crippen LogP contribution in [0.1, 0.15) is 30.0 Å². The zero-order chi connectivity index (χ0) is 14.3. The standard InChI is InChI=1S/C20H19N/c21-19(20(12-13-20)18-8-2-1-3-9-18)17-11-10-15-6-4-5-7-16(15)14-17/h1-11,14,19H,12-13,21H2. The number of hydrogen-bond acceptors (Lipinski definition) is 1. The largest absolute Gasteiger partial charge is 0.323 e. The molecule has 1 unspecified atom stereocenters. The highest BCUT2D eigenvalue weighted by Gasteiger charge is 2.49. The molecule has 0 aliphatic heterocycles. The monoisotopic (exact) mass is 273 g/mol. The second-order valence-electron chi connectivity index (χ2n) is 6.11. The third kappa shape index (κ3) is 2.05. The van der Waals surface area contributed by atoms with Gasteiger partial charge in [-0.25, -0.2) is 0 Å². The summed E-state index contributed by atoms with van der Waals surface area (Å²) in [4.78, 5) is 0. The van der Waals surface area contributed by atoms with Gasteiger partial charge < -0.3 is 5.73 Å². The summed E-state index contributed by atoms with van der Waals surface area (Å²) in [5, 5.41) is 2.55. The molecule has 1 atom stereocenters. The van der Waals surface area contributed by atoms with Gasteiger partial charge in [0, 0.05) is 11.5 Å². The number of rotatable bonds is 3. The van der Waals surface area contributed by atoms with Crippen LogP contribution in [0.4, 0.5) is 0 Å². The van der Waals surface area contributed by atoms with Gasteiger partial charge in [0.2, 0.25) is 0 Å². The molecule has 3 aromatic rings. The van der Waals surface area contributed by atoms with Gasteiger partial charge in [-0.15, -0.1) is 0 Å². The average Bonchev–Trinajstić information content (AvgIpc) is 3.36. The first-order valence-electron chi connectivity index (χ1n) is 7.59. The van der Waals surface area contributed by atoms with Crippen LogP contribution in [0.2, 0.25) is 0 Å². The molecule has 1 nitrogen and oxygen atoms in total. The van der Waals surface area contributed by atoms with Gasteiger partial charge in [-0.05, 0) is 40.8 Å². The fraction of sp³-hybridized carbons (Fsp3) is 0.200. The van der Waals surface area contributed by atoms with Gasteiger partial charge in [-0.2, -0.15) is 0 Å². The summed E-state index contributed by atoms with van der Waals surface area (Å²) in [5.74, 6) is 0. The van der Waals surface area contributed by atoms with Crippen molar-refractivity contribution in [2.75, 3.05) is 0 Å². The van der Waals surface area contributed by atoms with Crippen molar-refractivity contribution in [1.82, 2.24) is 0 Å². The Kier molecular flexibility index (Phi) is 2.83. The van der Waals surface area contributed by atoms with Crippen LogP contribution < -0.4 is 5.73 Å². The Morgan fingerprint density at radius 3 is 2.14 bits per heavy atom. The molecule has 0 amide bonds. The summed E-state index contributed by atoms with van der Waals surface area (Å²) in [5.41, 5.74) is 9.43. The summed E-state index contributed by atoms with van der Waals surface area (Å²) in [7, 11) is 0. The predicted molar refractivity (Wildman–Crippen MR) is 88.2 cm³/mol. The Bertz CT molecular complexity index is 772. The highest BCUT2D eigenvalue weighted by molar-refractivity contribution is 5.83. The van der Waals surface area contributed by atoms with Gasteiger partial charge >= 0.3 is 0 Å². The van der Waals surface area contributed by atoms with E-state index in [4.69, 9.17) is 5.73 Å². The lowest BCUT2D eigenvalue weighted by atomic mass is 9.84. The van der Waals surface area contributed by atoms with Crippen LogP contribution in [0, 0.1) is 0 Å². The first-order chi connectivity index (χ1) is 10.3. The molecule has 0 aromatic heterocycles. The van der Waals surface area contributed by atoms with E-state index in [1.54, 1.807) is 0 Å². The van der Waals surface area contributed by atoms with Crippen molar-refractivity contribution in [3.05, 3.63) is 83.9 Å². The van der Waals surface area contributed by atoms with E-state index in [0.29, 0.717) is 0 Å². The van der Waals surface area contributed by atoms with E-state index in [9.17, 15) is 0 Å². The summed E-state index contributed by atoms with van der Waals surface area (Å²) in [6, 6.07) is 25.9. The molecular weight excluding hydrogens is 254 g/mol. The maximum atomic E-state index is 6.66. The van der Waals surface area contributed by atoms with E-state index in [0.717, 1.165) is 0 Å². The Hall–Kier alpha value is -2.12. The lowest BCUT2D eigenvalue weighted by molar-refractivity contribution is 0.542. The smallest absolute Gasteiger partial charge is 0.0393 e. The van der Waals surface area contributed by atoms with Gasteiger partial charge in [-0.3, -0.25) is 0 Å². The molecule has 4 rings (SSSR count). The predicted octanol–water partition coefficient (Wildman–Crippen LogP) is 4.57. The molecule has 1 saturated carbocycles. The van der Waals surface area contributed by atoms with Crippen molar-refractivity contribution in [1.29, 1.82) is 0 Å². The van der Waals surface area contributed by atoms with Crippen LogP contribution >= 0.6 is 0 Å². The van der Waals surface area contributed by atoms with E-state index in [1.807, 2.05) is 0 Å². The minimum absolute atomic E-state index is 0.0736. The highest BCUT2D eigenvalue weighted by atomic mass is 14.7. The normalized spacial score (nSPS) is 17.6. The van der Waals surface area contributed by atoms with Crippen LogP contribution in [0.5, 0.6) is 0 Å². The maximum absolute atomic E-state index is 6.66. The van der Waals surface area contributed by atoms with Gasteiger partial charge in [0.1, 0.15) is 0 Å². The fourth-order valence-corrected chi connectivity index (χ4v) is 3.40. The Balaban J connectivity index is 1.75. The molecule has 0 radical (unpaired) electrons. The van der Waals surface area contributed by atoms with E-state index >= 15 is 0 Å². The molecule has 0 saturated heterocycles. The zero-order valence-corrected chi connectivity index (χ0v) is 12.0. The molecule has 2 N–H and O–H groups in total. The summed E-state index contributed by atoms with van der Waals surface area (Å²) in [6.45, 7) is 0. The number of hydrogen-bond donors (Lipinski definition) is 1. The topological polar surface area (TPSA) is 26.0 Å². The molecule has 1 aliphatic carbocycles. The molecule has 104 valence electrons. The molecule has 3 aromatic carbocycles. The SMILES string of the molecule is NC(c1ccc2ccccc2c1)C1(c2ccccc2)CC1. The van der Waals surface area contributed by atoms with E-state index < -0.39 is 0 Å². The van der Waals surface area contributed by atoms with Gasteiger partial charge in [0.05, 0.1) is 0 Å². The first-order valence-corrected chi connectivity index (χ1v) is 7.59. The lowest BCUT2D eigenvalue weighted by Crippen LogP contribution is -2.26. The Labute approximate surface area is 125 Å². The van der Waals surface area contributed by atoms with Crippen molar-refractivity contribution in [2.45, 2.75) is 24.3 Å². The van der Waals surface area contributed by atoms with Crippen LogP contribution in [-0.4, -0.2) is 0 Å². The van der Waals surface area contributed by atoms with Crippen LogP contribution in [-0.2, 0) is 5.41 Å². The lowest BCUT2D eigenvalue weighted by Gasteiger charge is -2.24. The third-order valence-corrected chi connectivity index (χ3v) is 4.87. The fourth-order valence-electron chi connectivity index (χ4n) is 3.40. The van der Waals surface area contributed by atoms with Crippen molar-refractivity contribution in [3.8, 4) is 0 Å². The zero-order valence-electron chi connectivity index (χ0n) is 12.0. The quantitative estimate of drug-likeness (QED) is 0.743. The molecule has 1 heteroatoms. The van der Waals surface area contributed by atoms with Crippen LogP contribution in [0.25, 0.3) is 10.8 Å². The number of fused-ring (bicyclic) bond motifs is 1. The minimum atomic E-state index is 0.0736. The third-order valence-electron chi connectivity index (χ3n) is 4.87. The minimum Gasteiger partial charge on any atom is -0.323 e. The second-order valence-corrected chi connectivity index (χ2v) is 6.11.